The van der Waals surface area contributed by atoms with Gasteiger partial charge in [0, 0.05) is 0 Å². The number of halogens is 1. The molecule has 0 nitrogen and oxygen atoms in total. The summed E-state index contributed by atoms with van der Waals surface area (Å²) in [4.78, 5) is 0. The van der Waals surface area contributed by atoms with Crippen LogP contribution in [0.15, 0.2) is 24.3 Å². The van der Waals surface area contributed by atoms with Crippen LogP contribution in [0.4, 0.5) is 4.39 Å². The van der Waals surface area contributed by atoms with Gasteiger partial charge in [-0.2, -0.15) is 0 Å². The molecule has 1 radical (unpaired) electrons. The molecule has 0 aliphatic carbocycles. The summed E-state index contributed by atoms with van der Waals surface area (Å²) >= 11 is -0.957. The van der Waals surface area contributed by atoms with Crippen molar-refractivity contribution in [1.29, 1.82) is 0 Å². The van der Waals surface area contributed by atoms with Gasteiger partial charge in [0.1, 0.15) is 0 Å². The van der Waals surface area contributed by atoms with E-state index in [1.807, 2.05) is 12.1 Å². The molecule has 0 saturated carbocycles. The molecule has 0 atom stereocenters. The molecule has 0 heterocycles. The maximum atomic E-state index is 12.4. The Hall–Kier alpha value is -0.307. The average molecular weight is 198 g/mol. The first-order valence-electron chi connectivity index (χ1n) is 3.26. The summed E-state index contributed by atoms with van der Waals surface area (Å²) < 4.78 is 13.7. The van der Waals surface area contributed by atoms with Crippen LogP contribution in [-0.2, 0) is 0 Å². The van der Waals surface area contributed by atoms with E-state index in [0.717, 1.165) is 0 Å². The van der Waals surface area contributed by atoms with Gasteiger partial charge in [0.05, 0.1) is 0 Å². The fourth-order valence-corrected chi connectivity index (χ4v) is 2.53. The van der Waals surface area contributed by atoms with E-state index in [9.17, 15) is 4.39 Å². The number of benzene rings is 1. The molecule has 0 saturated heterocycles. The second-order valence-corrected chi connectivity index (χ2v) is 7.91. The fourth-order valence-electron chi connectivity index (χ4n) is 0.783. The van der Waals surface area contributed by atoms with Crippen LogP contribution in [0.1, 0.15) is 0 Å². The number of hydrogen-bond donors (Lipinski definition) is 0. The van der Waals surface area contributed by atoms with E-state index >= 15 is 0 Å². The summed E-state index contributed by atoms with van der Waals surface area (Å²) in [5.41, 5.74) is 0. The van der Waals surface area contributed by atoms with Crippen molar-refractivity contribution in [2.75, 3.05) is 0 Å². The summed E-state index contributed by atoms with van der Waals surface area (Å²) in [6.45, 7) is 0. The van der Waals surface area contributed by atoms with Crippen molar-refractivity contribution in [1.82, 2.24) is 0 Å². The monoisotopic (exact) mass is 199 g/mol. The van der Waals surface area contributed by atoms with Crippen molar-refractivity contribution in [3.8, 4) is 0 Å². The molecule has 1 rings (SSSR count). The fraction of sp³-hybridized carbons (Fsp3) is 0.250. The zero-order valence-corrected chi connectivity index (χ0v) is 8.29. The predicted molar refractivity (Wildman–Crippen MR) is 43.5 cm³/mol. The Morgan fingerprint density at radius 3 is 2.00 bits per heavy atom. The Bertz CT molecular complexity index is 203. The van der Waals surface area contributed by atoms with Gasteiger partial charge in [-0.1, -0.05) is 0 Å². The van der Waals surface area contributed by atoms with Crippen molar-refractivity contribution in [2.45, 2.75) is 11.5 Å². The number of hydrogen-bond acceptors (Lipinski definition) is 0. The first kappa shape index (κ1) is 7.80. The van der Waals surface area contributed by atoms with E-state index in [0.29, 0.717) is 0 Å². The van der Waals surface area contributed by atoms with Crippen LogP contribution in [-0.4, -0.2) is 14.3 Å². The van der Waals surface area contributed by atoms with Crippen LogP contribution < -0.4 is 4.40 Å². The van der Waals surface area contributed by atoms with Gasteiger partial charge in [0.25, 0.3) is 0 Å². The molecule has 0 amide bonds. The van der Waals surface area contributed by atoms with E-state index in [4.69, 9.17) is 0 Å². The van der Waals surface area contributed by atoms with Gasteiger partial charge in [0.2, 0.25) is 0 Å². The normalized spacial score (nSPS) is 10.4. The Morgan fingerprint density at radius 1 is 1.10 bits per heavy atom. The Labute approximate surface area is 65.2 Å². The zero-order chi connectivity index (χ0) is 7.56. The van der Waals surface area contributed by atoms with Crippen molar-refractivity contribution < 1.29 is 4.39 Å². The molecule has 2 heteroatoms. The predicted octanol–water partition coefficient (Wildman–Crippen LogP) is 1.79. The molecule has 1 aromatic carbocycles. The minimum atomic E-state index is -0.957. The van der Waals surface area contributed by atoms with Gasteiger partial charge in [-0.15, -0.1) is 0 Å². The number of rotatable bonds is 1. The molecule has 10 heavy (non-hydrogen) atoms. The van der Waals surface area contributed by atoms with E-state index in [1.165, 1.54) is 16.5 Å². The molecule has 0 spiro atoms. The Balaban J connectivity index is 2.89. The molecule has 0 fully saturated rings. The Kier molecular flexibility index (Phi) is 2.49. The summed E-state index contributed by atoms with van der Waals surface area (Å²) in [6.07, 6.45) is 0. The van der Waals surface area contributed by atoms with Crippen molar-refractivity contribution >= 4 is 18.7 Å². The third-order valence-electron chi connectivity index (χ3n) is 1.42. The van der Waals surface area contributed by atoms with Gasteiger partial charge in [-0.25, -0.2) is 0 Å². The first-order chi connectivity index (χ1) is 4.70. The summed E-state index contributed by atoms with van der Waals surface area (Å²) in [5, 5.41) is 0. The molecule has 0 aliphatic heterocycles. The minimum absolute atomic E-state index is 0.136. The van der Waals surface area contributed by atoms with Gasteiger partial charge < -0.3 is 0 Å². The molecule has 1 aromatic rings. The van der Waals surface area contributed by atoms with Crippen LogP contribution in [0, 0.1) is 5.82 Å². The summed E-state index contributed by atoms with van der Waals surface area (Å²) in [5.74, 6) is 4.38. The van der Waals surface area contributed by atoms with E-state index < -0.39 is 14.3 Å². The molecule has 53 valence electrons. The molecular formula is C8H10FGe. The van der Waals surface area contributed by atoms with Crippen LogP contribution in [0.3, 0.4) is 0 Å². The van der Waals surface area contributed by atoms with Gasteiger partial charge in [-0.05, 0) is 0 Å². The van der Waals surface area contributed by atoms with Crippen molar-refractivity contribution in [2.24, 2.45) is 0 Å². The van der Waals surface area contributed by atoms with Crippen molar-refractivity contribution in [3.05, 3.63) is 30.1 Å². The van der Waals surface area contributed by atoms with Crippen molar-refractivity contribution in [3.63, 3.8) is 0 Å². The van der Waals surface area contributed by atoms with E-state index in [1.54, 1.807) is 0 Å². The third kappa shape index (κ3) is 1.84. The molecule has 0 unspecified atom stereocenters. The first-order valence-corrected chi connectivity index (χ1v) is 8.51. The molecule has 0 aromatic heterocycles. The quantitative estimate of drug-likeness (QED) is 0.603. The van der Waals surface area contributed by atoms with Gasteiger partial charge in [-0.3, -0.25) is 0 Å². The summed E-state index contributed by atoms with van der Waals surface area (Å²) in [6, 6.07) is 6.86. The van der Waals surface area contributed by atoms with Crippen LogP contribution in [0.5, 0.6) is 0 Å². The van der Waals surface area contributed by atoms with Gasteiger partial charge in [0.15, 0.2) is 0 Å². The topological polar surface area (TPSA) is 0 Å². The van der Waals surface area contributed by atoms with E-state index in [2.05, 4.69) is 11.5 Å². The Morgan fingerprint density at radius 2 is 1.60 bits per heavy atom. The van der Waals surface area contributed by atoms with E-state index in [-0.39, 0.29) is 5.82 Å². The molecule has 0 N–H and O–H groups in total. The van der Waals surface area contributed by atoms with Crippen LogP contribution >= 0.6 is 0 Å². The molecule has 0 aliphatic rings. The second-order valence-electron chi connectivity index (χ2n) is 2.51. The van der Waals surface area contributed by atoms with Crippen LogP contribution in [0.2, 0.25) is 11.5 Å². The third-order valence-corrected chi connectivity index (χ3v) is 4.54. The second kappa shape index (κ2) is 3.19. The standard InChI is InChI=1S/C8H10FGe/c1-10(2)8-5-3-7(9)4-6-8/h3-6H,1-2H3. The zero-order valence-electron chi connectivity index (χ0n) is 6.19. The maximum absolute atomic E-state index is 12.4. The molecule has 0 bridgehead atoms. The summed E-state index contributed by atoms with van der Waals surface area (Å²) in [7, 11) is 0. The average Bonchev–Trinajstić information content (AvgIpc) is 1.88. The van der Waals surface area contributed by atoms with Crippen LogP contribution in [0.25, 0.3) is 0 Å². The SMILES string of the molecule is [CH3][Ge]([CH3])[c]1ccc(F)cc1. The van der Waals surface area contributed by atoms with Gasteiger partial charge >= 0.3 is 64.7 Å². The molecular weight excluding hydrogens is 188 g/mol.